The second-order valence-corrected chi connectivity index (χ2v) is 8.74. The summed E-state index contributed by atoms with van der Waals surface area (Å²) in [6.45, 7) is 4.08. The first-order chi connectivity index (χ1) is 15.7. The Hall–Kier alpha value is -2.83. The van der Waals surface area contributed by atoms with E-state index in [-0.39, 0.29) is 23.7 Å². The van der Waals surface area contributed by atoms with Crippen LogP contribution >= 0.6 is 0 Å². The Morgan fingerprint density at radius 3 is 2.66 bits per heavy atom. The van der Waals surface area contributed by atoms with Crippen molar-refractivity contribution in [2.24, 2.45) is 0 Å². The van der Waals surface area contributed by atoms with Gasteiger partial charge >= 0.3 is 0 Å². The van der Waals surface area contributed by atoms with E-state index >= 15 is 0 Å². The molecule has 0 bridgehead atoms. The number of ether oxygens (including phenoxy) is 2. The molecule has 0 aliphatic carbocycles. The Morgan fingerprint density at radius 2 is 1.88 bits per heavy atom. The Morgan fingerprint density at radius 1 is 1.09 bits per heavy atom. The molecule has 1 aromatic heterocycles. The van der Waals surface area contributed by atoms with E-state index in [0.29, 0.717) is 30.8 Å². The van der Waals surface area contributed by atoms with Crippen molar-refractivity contribution in [1.82, 2.24) is 14.9 Å². The summed E-state index contributed by atoms with van der Waals surface area (Å²) < 4.78 is 12.8. The van der Waals surface area contributed by atoms with Gasteiger partial charge < -0.3 is 14.4 Å². The standard InChI is InChI=1S/C26H29N3O3/c1-2-31-20-17-23(19-7-4-3-5-8-19)32-26(18-20)11-15-29(16-12-26)25(30)21-9-6-10-22-24(21)28-14-13-27-22/h3-10,13-14,20,23H,2,11-12,15-18H2,1H3/t20-,23-/m0/s1. The molecule has 2 aliphatic heterocycles. The van der Waals surface area contributed by atoms with Crippen LogP contribution in [0.5, 0.6) is 0 Å². The molecule has 2 fully saturated rings. The van der Waals surface area contributed by atoms with Gasteiger partial charge in [0.05, 0.1) is 28.9 Å². The molecule has 3 heterocycles. The molecule has 0 saturated carbocycles. The number of nitrogens with zero attached hydrogens (tertiary/aromatic N) is 3. The lowest BCUT2D eigenvalue weighted by Gasteiger charge is -2.48. The van der Waals surface area contributed by atoms with Crippen molar-refractivity contribution in [2.45, 2.75) is 50.4 Å². The van der Waals surface area contributed by atoms with Crippen LogP contribution in [0.1, 0.15) is 54.6 Å². The topological polar surface area (TPSA) is 64.6 Å². The number of likely N-dealkylation sites (tertiary alicyclic amines) is 1. The van der Waals surface area contributed by atoms with Crippen molar-refractivity contribution < 1.29 is 14.3 Å². The molecule has 5 rings (SSSR count). The van der Waals surface area contributed by atoms with Gasteiger partial charge in [-0.25, -0.2) is 0 Å². The van der Waals surface area contributed by atoms with Gasteiger partial charge in [0.1, 0.15) is 5.52 Å². The first kappa shape index (κ1) is 21.0. The lowest BCUT2D eigenvalue weighted by Crippen LogP contribution is -2.52. The van der Waals surface area contributed by atoms with Crippen LogP contribution in [-0.2, 0) is 9.47 Å². The van der Waals surface area contributed by atoms with E-state index in [1.54, 1.807) is 12.4 Å². The van der Waals surface area contributed by atoms with Gasteiger partial charge in [-0.1, -0.05) is 36.4 Å². The Bertz CT molecular complexity index is 1070. The predicted molar refractivity (Wildman–Crippen MR) is 122 cm³/mol. The van der Waals surface area contributed by atoms with Crippen LogP contribution in [0.3, 0.4) is 0 Å². The molecule has 0 unspecified atom stereocenters. The summed E-state index contributed by atoms with van der Waals surface area (Å²) in [6, 6.07) is 16.0. The van der Waals surface area contributed by atoms with Crippen molar-refractivity contribution in [1.29, 1.82) is 0 Å². The second-order valence-electron chi connectivity index (χ2n) is 8.74. The van der Waals surface area contributed by atoms with Gasteiger partial charge in [-0.3, -0.25) is 14.8 Å². The monoisotopic (exact) mass is 431 g/mol. The van der Waals surface area contributed by atoms with Gasteiger partial charge in [-0.2, -0.15) is 0 Å². The van der Waals surface area contributed by atoms with E-state index in [0.717, 1.165) is 31.2 Å². The number of carbonyl (C=O) groups is 1. The predicted octanol–water partition coefficient (Wildman–Crippen LogP) is 4.56. The average molecular weight is 432 g/mol. The van der Waals surface area contributed by atoms with Gasteiger partial charge in [-0.05, 0) is 37.5 Å². The number of amides is 1. The van der Waals surface area contributed by atoms with Crippen LogP contribution < -0.4 is 0 Å². The minimum absolute atomic E-state index is 0.0164. The van der Waals surface area contributed by atoms with Crippen molar-refractivity contribution in [3.63, 3.8) is 0 Å². The number of carbonyl (C=O) groups excluding carboxylic acids is 1. The van der Waals surface area contributed by atoms with Gasteiger partial charge in [0.2, 0.25) is 0 Å². The molecule has 1 amide bonds. The van der Waals surface area contributed by atoms with E-state index in [1.807, 2.05) is 36.1 Å². The SMILES string of the molecule is CCO[C@H]1C[C@@H](c2ccccc2)OC2(CCN(C(=O)c3cccc4nccnc34)CC2)C1. The molecule has 1 spiro atoms. The second kappa shape index (κ2) is 8.96. The average Bonchev–Trinajstić information content (AvgIpc) is 2.84. The van der Waals surface area contributed by atoms with Gasteiger partial charge in [-0.15, -0.1) is 0 Å². The summed E-state index contributed by atoms with van der Waals surface area (Å²) in [5, 5.41) is 0. The molecule has 3 aromatic rings. The summed E-state index contributed by atoms with van der Waals surface area (Å²) in [7, 11) is 0. The van der Waals surface area contributed by atoms with Gasteiger partial charge in [0, 0.05) is 44.9 Å². The van der Waals surface area contributed by atoms with Crippen molar-refractivity contribution in [3.05, 3.63) is 72.1 Å². The molecule has 0 radical (unpaired) electrons. The molecule has 6 nitrogen and oxygen atoms in total. The number of rotatable bonds is 4. The molecule has 2 aromatic carbocycles. The number of hydrogen-bond donors (Lipinski definition) is 0. The maximum Gasteiger partial charge on any atom is 0.256 e. The number of para-hydroxylation sites is 1. The first-order valence-corrected chi connectivity index (χ1v) is 11.5. The lowest BCUT2D eigenvalue weighted by atomic mass is 9.80. The first-order valence-electron chi connectivity index (χ1n) is 11.5. The van der Waals surface area contributed by atoms with Crippen molar-refractivity contribution in [3.8, 4) is 0 Å². The van der Waals surface area contributed by atoms with E-state index in [9.17, 15) is 4.79 Å². The molecule has 2 aliphatic rings. The third-order valence-electron chi connectivity index (χ3n) is 6.73. The van der Waals surface area contributed by atoms with Crippen LogP contribution in [0, 0.1) is 0 Å². The van der Waals surface area contributed by atoms with Crippen LogP contribution in [0.2, 0.25) is 0 Å². The zero-order valence-corrected chi connectivity index (χ0v) is 18.4. The number of benzene rings is 2. The van der Waals surface area contributed by atoms with Crippen LogP contribution in [0.4, 0.5) is 0 Å². The lowest BCUT2D eigenvalue weighted by molar-refractivity contribution is -0.190. The van der Waals surface area contributed by atoms with Crippen LogP contribution in [-0.4, -0.2) is 52.2 Å². The number of hydrogen-bond acceptors (Lipinski definition) is 5. The minimum Gasteiger partial charge on any atom is -0.378 e. The quantitative estimate of drug-likeness (QED) is 0.606. The molecular weight excluding hydrogens is 402 g/mol. The third-order valence-corrected chi connectivity index (χ3v) is 6.73. The number of fused-ring (bicyclic) bond motifs is 1. The van der Waals surface area contributed by atoms with Crippen LogP contribution in [0.15, 0.2) is 60.9 Å². The highest BCUT2D eigenvalue weighted by atomic mass is 16.5. The van der Waals surface area contributed by atoms with E-state index in [2.05, 4.69) is 34.2 Å². The zero-order chi connectivity index (χ0) is 22.0. The van der Waals surface area contributed by atoms with E-state index in [4.69, 9.17) is 9.47 Å². The molecule has 32 heavy (non-hydrogen) atoms. The van der Waals surface area contributed by atoms with Gasteiger partial charge in [0.15, 0.2) is 0 Å². The number of piperidine rings is 1. The van der Waals surface area contributed by atoms with E-state index < -0.39 is 0 Å². The molecule has 0 N–H and O–H groups in total. The number of aromatic nitrogens is 2. The Labute approximate surface area is 188 Å². The summed E-state index contributed by atoms with van der Waals surface area (Å²) in [4.78, 5) is 24.0. The fraction of sp³-hybridized carbons (Fsp3) is 0.423. The molecule has 166 valence electrons. The molecule has 6 heteroatoms. The Kier molecular flexibility index (Phi) is 5.89. The highest BCUT2D eigenvalue weighted by molar-refractivity contribution is 6.04. The summed E-state index contributed by atoms with van der Waals surface area (Å²) in [5.41, 5.74) is 2.96. The fourth-order valence-corrected chi connectivity index (χ4v) is 5.14. The van der Waals surface area contributed by atoms with Gasteiger partial charge in [0.25, 0.3) is 5.91 Å². The van der Waals surface area contributed by atoms with Crippen LogP contribution in [0.25, 0.3) is 11.0 Å². The Balaban J connectivity index is 1.33. The third kappa shape index (κ3) is 4.12. The zero-order valence-electron chi connectivity index (χ0n) is 18.4. The highest BCUT2D eigenvalue weighted by Gasteiger charge is 2.45. The summed E-state index contributed by atoms with van der Waals surface area (Å²) in [6.07, 6.45) is 6.86. The van der Waals surface area contributed by atoms with Crippen molar-refractivity contribution in [2.75, 3.05) is 19.7 Å². The van der Waals surface area contributed by atoms with E-state index in [1.165, 1.54) is 5.56 Å². The smallest absolute Gasteiger partial charge is 0.256 e. The maximum absolute atomic E-state index is 13.3. The molecular formula is C26H29N3O3. The maximum atomic E-state index is 13.3. The van der Waals surface area contributed by atoms with Crippen molar-refractivity contribution >= 4 is 16.9 Å². The minimum atomic E-state index is -0.256. The molecule has 2 atom stereocenters. The fourth-order valence-electron chi connectivity index (χ4n) is 5.14. The largest absolute Gasteiger partial charge is 0.378 e. The molecule has 2 saturated heterocycles. The highest BCUT2D eigenvalue weighted by Crippen LogP contribution is 2.44. The summed E-state index contributed by atoms with van der Waals surface area (Å²) in [5.74, 6) is 0.0164. The normalized spacial score (nSPS) is 22.8. The summed E-state index contributed by atoms with van der Waals surface area (Å²) >= 11 is 0.